The van der Waals surface area contributed by atoms with Gasteiger partial charge in [-0.3, -0.25) is 0 Å². The van der Waals surface area contributed by atoms with Gasteiger partial charge < -0.3 is 0 Å². The van der Waals surface area contributed by atoms with Gasteiger partial charge in [0.1, 0.15) is 0 Å². The van der Waals surface area contributed by atoms with E-state index >= 15 is 0 Å². The van der Waals surface area contributed by atoms with Crippen molar-refractivity contribution in [3.05, 3.63) is 48.5 Å². The molecule has 1 heterocycles. The van der Waals surface area contributed by atoms with Crippen molar-refractivity contribution in [1.29, 1.82) is 0 Å². The van der Waals surface area contributed by atoms with E-state index in [9.17, 15) is 0 Å². The Bertz CT molecular complexity index is 1030. The van der Waals surface area contributed by atoms with Crippen molar-refractivity contribution in [3.63, 3.8) is 0 Å². The van der Waals surface area contributed by atoms with E-state index in [-0.39, 0.29) is 0 Å². The Kier molecular flexibility index (Phi) is 17.6. The molecule has 4 nitrogen and oxygen atoms in total. The second-order valence-corrected chi connectivity index (χ2v) is 13.8. The normalized spacial score (nSPS) is 11.3. The predicted octanol–water partition coefficient (Wildman–Crippen LogP) is 10.6. The summed E-state index contributed by atoms with van der Waals surface area (Å²) in [7, 11) is 0. The van der Waals surface area contributed by atoms with Crippen LogP contribution in [0.1, 0.15) is 129 Å². The topological polar surface area (TPSA) is 48.2 Å². The first-order chi connectivity index (χ1) is 20.3. The Morgan fingerprint density at radius 3 is 1.68 bits per heavy atom. The third-order valence-electron chi connectivity index (χ3n) is 7.67. The zero-order valence-corrected chi connectivity index (χ0v) is 27.6. The molecule has 0 unspecified atom stereocenters. The standard InChI is InChI=1S/C36H54N2O2Se/c1-3-5-7-9-11-13-14-16-18-20-30-41-34-27-23-32(24-28-34)36-37-35(38-40-36)31-21-25-33(26-22-31)39-29-19-17-15-12-10-8-6-4-2/h21-28H,3-20,29-30H2,1-2H3. The molecule has 0 aliphatic carbocycles. The van der Waals surface area contributed by atoms with Gasteiger partial charge in [-0.05, 0) is 6.42 Å². The molecule has 0 aliphatic heterocycles. The molecule has 0 saturated carbocycles. The molecule has 0 aliphatic rings. The van der Waals surface area contributed by atoms with Gasteiger partial charge in [0, 0.05) is 0 Å². The summed E-state index contributed by atoms with van der Waals surface area (Å²) >= 11 is 0.538. The van der Waals surface area contributed by atoms with E-state index < -0.39 is 0 Å². The molecule has 0 fully saturated rings. The number of ether oxygens (including phenoxy) is 1. The maximum atomic E-state index is 5.94. The number of benzene rings is 2. The van der Waals surface area contributed by atoms with Crippen LogP contribution >= 0.6 is 0 Å². The van der Waals surface area contributed by atoms with Crippen LogP contribution in [0.3, 0.4) is 0 Å². The molecule has 0 saturated heterocycles. The summed E-state index contributed by atoms with van der Waals surface area (Å²) in [5.41, 5.74) is 1.92. The fraction of sp³-hybridized carbons (Fsp3) is 0.611. The van der Waals surface area contributed by atoms with Gasteiger partial charge in [-0.15, -0.1) is 0 Å². The van der Waals surface area contributed by atoms with Crippen molar-refractivity contribution in [3.8, 4) is 28.6 Å². The second-order valence-electron chi connectivity index (χ2n) is 11.3. The third kappa shape index (κ3) is 14.1. The number of aromatic nitrogens is 2. The minimum absolute atomic E-state index is 0.538. The second kappa shape index (κ2) is 21.6. The number of unbranched alkanes of at least 4 members (excludes halogenated alkanes) is 16. The molecule has 226 valence electrons. The van der Waals surface area contributed by atoms with Crippen molar-refractivity contribution in [1.82, 2.24) is 10.1 Å². The van der Waals surface area contributed by atoms with Gasteiger partial charge in [-0.1, -0.05) is 51.9 Å². The first kappa shape index (κ1) is 33.4. The molecule has 0 spiro atoms. The van der Waals surface area contributed by atoms with Crippen LogP contribution in [0, 0.1) is 0 Å². The number of hydrogen-bond acceptors (Lipinski definition) is 4. The van der Waals surface area contributed by atoms with Crippen molar-refractivity contribution < 1.29 is 9.26 Å². The molecule has 0 N–H and O–H groups in total. The van der Waals surface area contributed by atoms with Crippen LogP contribution in [0.5, 0.6) is 5.75 Å². The SMILES string of the molecule is CCCCCCCCCCCC[Se]c1ccc(-c2nc(-c3ccc(OCCCCCCCCCC)cc3)no2)cc1. The molecule has 0 radical (unpaired) electrons. The van der Waals surface area contributed by atoms with Crippen molar-refractivity contribution in [2.45, 2.75) is 135 Å². The van der Waals surface area contributed by atoms with Gasteiger partial charge in [0.15, 0.2) is 0 Å². The minimum atomic E-state index is 0.538. The number of hydrogen-bond donors (Lipinski definition) is 0. The summed E-state index contributed by atoms with van der Waals surface area (Å²) in [4.78, 5) is 4.65. The number of nitrogens with zero attached hydrogens (tertiary/aromatic N) is 2. The Labute approximate surface area is 256 Å². The van der Waals surface area contributed by atoms with E-state index in [0.29, 0.717) is 26.7 Å². The summed E-state index contributed by atoms with van der Waals surface area (Å²) < 4.78 is 13.0. The Morgan fingerprint density at radius 1 is 0.585 bits per heavy atom. The first-order valence-electron chi connectivity index (χ1n) is 16.6. The van der Waals surface area contributed by atoms with Crippen molar-refractivity contribution >= 4 is 19.4 Å². The molecular weight excluding hydrogens is 571 g/mol. The quantitative estimate of drug-likeness (QED) is 0.0734. The maximum absolute atomic E-state index is 5.94. The molecule has 1 aromatic heterocycles. The van der Waals surface area contributed by atoms with E-state index in [1.165, 1.54) is 119 Å². The first-order valence-corrected chi connectivity index (χ1v) is 18.7. The molecule has 41 heavy (non-hydrogen) atoms. The van der Waals surface area contributed by atoms with Crippen LogP contribution in [-0.4, -0.2) is 31.7 Å². The summed E-state index contributed by atoms with van der Waals surface area (Å²) in [6.45, 7) is 5.33. The molecule has 5 heteroatoms. The summed E-state index contributed by atoms with van der Waals surface area (Å²) in [5, 5.41) is 5.55. The molecule has 0 atom stereocenters. The summed E-state index contributed by atoms with van der Waals surface area (Å²) in [5.74, 6) is 2.09. The van der Waals surface area contributed by atoms with Crippen molar-refractivity contribution in [2.75, 3.05) is 6.61 Å². The average molecular weight is 626 g/mol. The zero-order chi connectivity index (χ0) is 28.8. The van der Waals surface area contributed by atoms with E-state index in [1.807, 2.05) is 24.3 Å². The Morgan fingerprint density at radius 2 is 1.10 bits per heavy atom. The van der Waals surface area contributed by atoms with Crippen LogP contribution in [0.2, 0.25) is 5.32 Å². The fourth-order valence-corrected chi connectivity index (χ4v) is 6.97. The van der Waals surface area contributed by atoms with E-state index in [4.69, 9.17) is 9.26 Å². The van der Waals surface area contributed by atoms with Gasteiger partial charge in [0.05, 0.1) is 6.61 Å². The van der Waals surface area contributed by atoms with Gasteiger partial charge in [0.25, 0.3) is 0 Å². The monoisotopic (exact) mass is 626 g/mol. The van der Waals surface area contributed by atoms with Crippen LogP contribution in [0.25, 0.3) is 22.8 Å². The predicted molar refractivity (Wildman–Crippen MR) is 175 cm³/mol. The summed E-state index contributed by atoms with van der Waals surface area (Å²) in [6, 6.07) is 16.7. The fourth-order valence-electron chi connectivity index (χ4n) is 5.06. The van der Waals surface area contributed by atoms with Crippen molar-refractivity contribution in [2.24, 2.45) is 0 Å². The van der Waals surface area contributed by atoms with Gasteiger partial charge in [-0.25, -0.2) is 0 Å². The van der Waals surface area contributed by atoms with Crippen LogP contribution in [0.4, 0.5) is 0 Å². The molecule has 2 aromatic carbocycles. The van der Waals surface area contributed by atoms with Gasteiger partial charge >= 0.3 is 192 Å². The molecule has 3 aromatic rings. The molecule has 0 amide bonds. The van der Waals surface area contributed by atoms with E-state index in [1.54, 1.807) is 0 Å². The molecule has 0 bridgehead atoms. The molecule has 3 rings (SSSR count). The summed E-state index contributed by atoms with van der Waals surface area (Å²) in [6.07, 6.45) is 24.5. The van der Waals surface area contributed by atoms with Crippen LogP contribution < -0.4 is 9.20 Å². The van der Waals surface area contributed by atoms with Gasteiger partial charge in [-0.2, -0.15) is 0 Å². The Balaban J connectivity index is 1.30. The van der Waals surface area contributed by atoms with Gasteiger partial charge in [0.2, 0.25) is 0 Å². The Hall–Kier alpha value is -2.10. The average Bonchev–Trinajstić information content (AvgIpc) is 3.50. The zero-order valence-electron chi connectivity index (χ0n) is 25.9. The van der Waals surface area contributed by atoms with Crippen LogP contribution in [0.15, 0.2) is 53.1 Å². The van der Waals surface area contributed by atoms with E-state index in [2.05, 4.69) is 48.3 Å². The van der Waals surface area contributed by atoms with E-state index in [0.717, 1.165) is 29.9 Å². The van der Waals surface area contributed by atoms with Crippen LogP contribution in [-0.2, 0) is 0 Å². The number of rotatable bonds is 24. The third-order valence-corrected chi connectivity index (χ3v) is 9.98. The molecular formula is C36H54N2O2Se.